The van der Waals surface area contributed by atoms with E-state index in [1.165, 1.54) is 12.1 Å². The van der Waals surface area contributed by atoms with Gasteiger partial charge in [0.05, 0.1) is 11.0 Å². The molecule has 2 aromatic rings. The molecule has 0 aliphatic carbocycles. The number of aromatic nitrogens is 2. The molecule has 0 saturated carbocycles. The minimum absolute atomic E-state index is 0.101. The van der Waals surface area contributed by atoms with Crippen molar-refractivity contribution in [1.29, 1.82) is 0 Å². The van der Waals surface area contributed by atoms with Gasteiger partial charge in [-0.3, -0.25) is 4.79 Å². The van der Waals surface area contributed by atoms with Crippen molar-refractivity contribution >= 4 is 22.7 Å². The van der Waals surface area contributed by atoms with Gasteiger partial charge in [0.25, 0.3) is 0 Å². The van der Waals surface area contributed by atoms with Crippen LogP contribution >= 0.6 is 0 Å². The molecule has 0 unspecified atom stereocenters. The van der Waals surface area contributed by atoms with Gasteiger partial charge in [0.15, 0.2) is 5.82 Å². The zero-order chi connectivity index (χ0) is 11.8. The monoisotopic (exact) mass is 232 g/mol. The highest BCUT2D eigenvalue weighted by molar-refractivity contribution is 6.03. The maximum Gasteiger partial charge on any atom is 0.240 e. The van der Waals surface area contributed by atoms with E-state index in [-0.39, 0.29) is 11.7 Å². The first kappa shape index (κ1) is 9.95. The number of fused-ring (bicyclic) bond motifs is 1. The lowest BCUT2D eigenvalue weighted by molar-refractivity contribution is -0.121. The molecule has 2 heterocycles. The topological polar surface area (TPSA) is 70.1 Å². The summed E-state index contributed by atoms with van der Waals surface area (Å²) in [5.41, 5.74) is 4.39. The number of hydrazone groups is 1. The number of halogens is 1. The maximum atomic E-state index is 13.0. The van der Waals surface area contributed by atoms with Gasteiger partial charge in [-0.15, -0.1) is 0 Å². The lowest BCUT2D eigenvalue weighted by Crippen LogP contribution is -2.26. The van der Waals surface area contributed by atoms with Crippen molar-refractivity contribution in [3.05, 3.63) is 29.8 Å². The van der Waals surface area contributed by atoms with E-state index in [1.807, 2.05) is 0 Å². The molecular formula is C11H9FN4O. The van der Waals surface area contributed by atoms with Gasteiger partial charge in [0.1, 0.15) is 11.5 Å². The van der Waals surface area contributed by atoms with E-state index in [0.717, 1.165) is 0 Å². The first-order chi connectivity index (χ1) is 8.22. The number of rotatable bonds is 1. The van der Waals surface area contributed by atoms with Crippen molar-refractivity contribution in [2.45, 2.75) is 12.8 Å². The molecule has 1 aliphatic heterocycles. The number of hydrogen-bond acceptors (Lipinski definition) is 3. The van der Waals surface area contributed by atoms with Crippen LogP contribution < -0.4 is 5.43 Å². The molecule has 0 spiro atoms. The van der Waals surface area contributed by atoms with Crippen LogP contribution in [0.15, 0.2) is 23.3 Å². The van der Waals surface area contributed by atoms with E-state index in [1.54, 1.807) is 6.07 Å². The van der Waals surface area contributed by atoms with Gasteiger partial charge in [-0.25, -0.2) is 14.8 Å². The van der Waals surface area contributed by atoms with Crippen molar-refractivity contribution in [2.24, 2.45) is 5.10 Å². The number of aromatic amines is 1. The summed E-state index contributed by atoms with van der Waals surface area (Å²) in [6.45, 7) is 0. The summed E-state index contributed by atoms with van der Waals surface area (Å²) in [5, 5.41) is 3.93. The first-order valence-electron chi connectivity index (χ1n) is 5.23. The molecule has 1 aliphatic rings. The van der Waals surface area contributed by atoms with E-state index in [4.69, 9.17) is 0 Å². The second-order valence-corrected chi connectivity index (χ2v) is 3.84. The van der Waals surface area contributed by atoms with Crippen LogP contribution in [0.5, 0.6) is 0 Å². The fourth-order valence-electron chi connectivity index (χ4n) is 1.76. The molecule has 0 atom stereocenters. The van der Waals surface area contributed by atoms with Crippen LogP contribution in [0.25, 0.3) is 11.0 Å². The zero-order valence-corrected chi connectivity index (χ0v) is 8.83. The number of nitrogens with one attached hydrogen (secondary N) is 2. The van der Waals surface area contributed by atoms with Crippen LogP contribution in [0.1, 0.15) is 18.7 Å². The Balaban J connectivity index is 2.03. The van der Waals surface area contributed by atoms with E-state index in [0.29, 0.717) is 35.4 Å². The third-order valence-corrected chi connectivity index (χ3v) is 2.62. The molecule has 17 heavy (non-hydrogen) atoms. The Hall–Kier alpha value is -2.24. The normalized spacial score (nSPS) is 15.8. The summed E-state index contributed by atoms with van der Waals surface area (Å²) in [4.78, 5) is 18.2. The number of benzene rings is 1. The SMILES string of the molecule is O=C1CCC(c2nc3ccc(F)cc3[nH]2)=NN1. The number of H-pyrrole nitrogens is 1. The number of amides is 1. The van der Waals surface area contributed by atoms with E-state index in [9.17, 15) is 9.18 Å². The zero-order valence-electron chi connectivity index (χ0n) is 8.83. The van der Waals surface area contributed by atoms with Crippen LogP contribution in [0.3, 0.4) is 0 Å². The van der Waals surface area contributed by atoms with Gasteiger partial charge in [0.2, 0.25) is 5.91 Å². The maximum absolute atomic E-state index is 13.0. The van der Waals surface area contributed by atoms with Gasteiger partial charge in [0, 0.05) is 12.8 Å². The number of hydrogen-bond donors (Lipinski definition) is 2. The summed E-state index contributed by atoms with van der Waals surface area (Å²) < 4.78 is 13.0. The van der Waals surface area contributed by atoms with E-state index >= 15 is 0 Å². The molecule has 3 rings (SSSR count). The molecule has 1 aromatic carbocycles. The molecule has 0 saturated heterocycles. The highest BCUT2D eigenvalue weighted by Crippen LogP contribution is 2.15. The summed E-state index contributed by atoms with van der Waals surface area (Å²) in [5.74, 6) is 0.160. The van der Waals surface area contributed by atoms with Gasteiger partial charge < -0.3 is 4.98 Å². The Bertz CT molecular complexity index is 631. The lowest BCUT2D eigenvalue weighted by atomic mass is 10.2. The van der Waals surface area contributed by atoms with E-state index in [2.05, 4.69) is 20.5 Å². The van der Waals surface area contributed by atoms with Crippen molar-refractivity contribution < 1.29 is 9.18 Å². The van der Waals surface area contributed by atoms with Crippen LogP contribution in [-0.2, 0) is 4.79 Å². The van der Waals surface area contributed by atoms with Crippen LogP contribution in [0.2, 0.25) is 0 Å². The third kappa shape index (κ3) is 1.77. The second-order valence-electron chi connectivity index (χ2n) is 3.84. The van der Waals surface area contributed by atoms with Gasteiger partial charge in [-0.1, -0.05) is 0 Å². The molecule has 0 bridgehead atoms. The predicted octanol–water partition coefficient (Wildman–Crippen LogP) is 1.32. The van der Waals surface area contributed by atoms with Crippen molar-refractivity contribution in [3.8, 4) is 0 Å². The largest absolute Gasteiger partial charge is 0.337 e. The highest BCUT2D eigenvalue weighted by atomic mass is 19.1. The second kappa shape index (κ2) is 3.65. The molecule has 6 heteroatoms. The number of nitrogens with zero attached hydrogens (tertiary/aromatic N) is 2. The standard InChI is InChI=1S/C11H9FN4O/c12-6-1-2-7-9(5-6)14-11(13-7)8-3-4-10(17)16-15-8/h1-2,5H,3-4H2,(H,13,14)(H,16,17). The lowest BCUT2D eigenvalue weighted by Gasteiger charge is -2.08. The molecule has 1 aromatic heterocycles. The Labute approximate surface area is 95.7 Å². The molecule has 0 fully saturated rings. The Morgan fingerprint density at radius 2 is 2.18 bits per heavy atom. The Morgan fingerprint density at radius 3 is 2.94 bits per heavy atom. The predicted molar refractivity (Wildman–Crippen MR) is 60.0 cm³/mol. The van der Waals surface area contributed by atoms with Crippen LogP contribution in [0.4, 0.5) is 4.39 Å². The van der Waals surface area contributed by atoms with E-state index < -0.39 is 0 Å². The van der Waals surface area contributed by atoms with Crippen LogP contribution in [-0.4, -0.2) is 21.6 Å². The number of carbonyl (C=O) groups is 1. The van der Waals surface area contributed by atoms with Crippen molar-refractivity contribution in [3.63, 3.8) is 0 Å². The quantitative estimate of drug-likeness (QED) is 0.778. The van der Waals surface area contributed by atoms with Crippen LogP contribution in [0, 0.1) is 5.82 Å². The molecule has 0 radical (unpaired) electrons. The minimum Gasteiger partial charge on any atom is -0.337 e. The molecular weight excluding hydrogens is 223 g/mol. The average molecular weight is 232 g/mol. The van der Waals surface area contributed by atoms with Gasteiger partial charge in [-0.2, -0.15) is 5.10 Å². The minimum atomic E-state index is -0.313. The van der Waals surface area contributed by atoms with Crippen molar-refractivity contribution in [1.82, 2.24) is 15.4 Å². The van der Waals surface area contributed by atoms with Crippen molar-refractivity contribution in [2.75, 3.05) is 0 Å². The summed E-state index contributed by atoms with van der Waals surface area (Å²) >= 11 is 0. The fraction of sp³-hybridized carbons (Fsp3) is 0.182. The fourth-order valence-corrected chi connectivity index (χ4v) is 1.76. The molecule has 2 N–H and O–H groups in total. The Kier molecular flexibility index (Phi) is 2.14. The summed E-state index contributed by atoms with van der Waals surface area (Å²) in [7, 11) is 0. The smallest absolute Gasteiger partial charge is 0.240 e. The average Bonchev–Trinajstić information content (AvgIpc) is 2.72. The Morgan fingerprint density at radius 1 is 1.29 bits per heavy atom. The molecule has 5 nitrogen and oxygen atoms in total. The van der Waals surface area contributed by atoms with Gasteiger partial charge in [-0.05, 0) is 18.2 Å². The summed E-state index contributed by atoms with van der Waals surface area (Å²) in [6.07, 6.45) is 0.929. The first-order valence-corrected chi connectivity index (χ1v) is 5.23. The molecule has 1 amide bonds. The van der Waals surface area contributed by atoms with Gasteiger partial charge >= 0.3 is 0 Å². The third-order valence-electron chi connectivity index (χ3n) is 2.62. The summed E-state index contributed by atoms with van der Waals surface area (Å²) in [6, 6.07) is 4.35. The molecule has 86 valence electrons. The number of carbonyl (C=O) groups excluding carboxylic acids is 1. The number of imidazole rings is 1. The highest BCUT2D eigenvalue weighted by Gasteiger charge is 2.16.